The molecule has 0 unspecified atom stereocenters. The van der Waals surface area contributed by atoms with Crippen molar-refractivity contribution in [3.8, 4) is 0 Å². The van der Waals surface area contributed by atoms with E-state index < -0.39 is 0 Å². The third-order valence-electron chi connectivity index (χ3n) is 4.61. The Morgan fingerprint density at radius 2 is 1.42 bits per heavy atom. The van der Waals surface area contributed by atoms with Crippen molar-refractivity contribution in [1.29, 1.82) is 0 Å². The van der Waals surface area contributed by atoms with Gasteiger partial charge >= 0.3 is 0 Å². The lowest BCUT2D eigenvalue weighted by Gasteiger charge is -2.20. The lowest BCUT2D eigenvalue weighted by molar-refractivity contribution is 0.105. The van der Waals surface area contributed by atoms with Crippen LogP contribution in [-0.4, -0.2) is 50.5 Å². The first-order valence-corrected chi connectivity index (χ1v) is 8.48. The molecule has 0 atom stereocenters. The summed E-state index contributed by atoms with van der Waals surface area (Å²) in [7, 11) is 7.79. The Labute approximate surface area is 153 Å². The molecule has 5 nitrogen and oxygen atoms in total. The molecule has 0 spiro atoms. The van der Waals surface area contributed by atoms with Gasteiger partial charge in [0.25, 0.3) is 0 Å². The minimum atomic E-state index is -0.00379. The number of fused-ring (bicyclic) bond motifs is 3. The van der Waals surface area contributed by atoms with Gasteiger partial charge in [-0.2, -0.15) is 0 Å². The molecular formula is C21H20N4O. The van der Waals surface area contributed by atoms with E-state index in [2.05, 4.69) is 9.98 Å². The fraction of sp³-hybridized carbons (Fsp3) is 0.190. The summed E-state index contributed by atoms with van der Waals surface area (Å²) in [6.07, 6.45) is 0. The van der Waals surface area contributed by atoms with E-state index in [-0.39, 0.29) is 5.78 Å². The van der Waals surface area contributed by atoms with E-state index in [4.69, 9.17) is 0 Å². The highest BCUT2D eigenvalue weighted by atomic mass is 16.1. The van der Waals surface area contributed by atoms with Crippen molar-refractivity contribution in [2.75, 3.05) is 33.1 Å². The van der Waals surface area contributed by atoms with Crippen LogP contribution in [0.25, 0.3) is 5.57 Å². The van der Waals surface area contributed by atoms with E-state index in [1.165, 1.54) is 0 Å². The highest BCUT2D eigenvalue weighted by molar-refractivity contribution is 6.43. The van der Waals surface area contributed by atoms with E-state index in [1.54, 1.807) is 0 Å². The maximum absolute atomic E-state index is 13.2. The lowest BCUT2D eigenvalue weighted by atomic mass is 9.84. The first-order valence-electron chi connectivity index (χ1n) is 8.48. The standard InChI is InChI=1S/C21H20N4O/c1-24(2)14-11-9-13(10-12-14)17-19-18(22-21(23-19)25(3)4)15-7-5-6-8-16(15)20(17)26/h5-12H,1-4H3. The van der Waals surface area contributed by atoms with Crippen LogP contribution < -0.4 is 4.90 Å². The predicted octanol–water partition coefficient (Wildman–Crippen LogP) is 3.08. The molecule has 1 heterocycles. The van der Waals surface area contributed by atoms with Crippen LogP contribution >= 0.6 is 0 Å². The molecule has 0 bridgehead atoms. The molecule has 0 amide bonds. The Morgan fingerprint density at radius 3 is 2.04 bits per heavy atom. The van der Waals surface area contributed by atoms with E-state index in [0.717, 1.165) is 22.5 Å². The number of hydrogen-bond acceptors (Lipinski definition) is 5. The van der Waals surface area contributed by atoms with E-state index in [0.29, 0.717) is 22.8 Å². The summed E-state index contributed by atoms with van der Waals surface area (Å²) in [5.41, 5.74) is 5.52. The minimum absolute atomic E-state index is 0.00379. The van der Waals surface area contributed by atoms with Gasteiger partial charge in [0.1, 0.15) is 11.4 Å². The van der Waals surface area contributed by atoms with Crippen LogP contribution in [0.2, 0.25) is 0 Å². The molecule has 1 aliphatic carbocycles. The number of ketones is 1. The van der Waals surface area contributed by atoms with E-state index in [9.17, 15) is 4.79 Å². The number of guanidine groups is 1. The summed E-state index contributed by atoms with van der Waals surface area (Å²) in [4.78, 5) is 26.5. The summed E-state index contributed by atoms with van der Waals surface area (Å²) in [6, 6.07) is 15.6. The van der Waals surface area contributed by atoms with Gasteiger partial charge in [-0.3, -0.25) is 4.79 Å². The maximum atomic E-state index is 13.2. The molecule has 26 heavy (non-hydrogen) atoms. The number of carbonyl (C=O) groups excluding carboxylic acids is 1. The summed E-state index contributed by atoms with van der Waals surface area (Å²) in [6.45, 7) is 0. The van der Waals surface area contributed by atoms with Crippen molar-refractivity contribution in [2.45, 2.75) is 0 Å². The molecule has 0 radical (unpaired) electrons. The second-order valence-corrected chi connectivity index (χ2v) is 6.81. The largest absolute Gasteiger partial charge is 0.378 e. The van der Waals surface area contributed by atoms with E-state index >= 15 is 0 Å². The lowest BCUT2D eigenvalue weighted by Crippen LogP contribution is -2.20. The van der Waals surface area contributed by atoms with Gasteiger partial charge in [-0.1, -0.05) is 36.4 Å². The van der Waals surface area contributed by atoms with Crippen LogP contribution in [0.4, 0.5) is 5.69 Å². The second-order valence-electron chi connectivity index (χ2n) is 6.81. The number of hydrogen-bond donors (Lipinski definition) is 0. The molecule has 2 aliphatic rings. The molecule has 130 valence electrons. The molecule has 0 N–H and O–H groups in total. The molecule has 0 saturated carbocycles. The summed E-state index contributed by atoms with van der Waals surface area (Å²) >= 11 is 0. The zero-order chi connectivity index (χ0) is 18.4. The third-order valence-corrected chi connectivity index (χ3v) is 4.61. The van der Waals surface area contributed by atoms with Crippen molar-refractivity contribution in [2.24, 2.45) is 9.98 Å². The van der Waals surface area contributed by atoms with Gasteiger partial charge < -0.3 is 9.80 Å². The smallest absolute Gasteiger partial charge is 0.226 e. The Bertz CT molecular complexity index is 995. The Balaban J connectivity index is 1.93. The maximum Gasteiger partial charge on any atom is 0.226 e. The Hall–Kier alpha value is -3.21. The first kappa shape index (κ1) is 16.3. The number of aliphatic imine (C=N–C) groups is 2. The highest BCUT2D eigenvalue weighted by Crippen LogP contribution is 2.36. The first-order chi connectivity index (χ1) is 12.5. The number of Topliss-reactive ketones (excluding diaryl/α,β-unsaturated/α-hetero) is 1. The van der Waals surface area contributed by atoms with E-state index in [1.807, 2.05) is 86.5 Å². The number of allylic oxidation sites excluding steroid dienone is 2. The Morgan fingerprint density at radius 1 is 0.769 bits per heavy atom. The molecule has 0 aromatic heterocycles. The van der Waals surface area contributed by atoms with Gasteiger partial charge in [-0.05, 0) is 17.7 Å². The van der Waals surface area contributed by atoms with Gasteiger partial charge in [0, 0.05) is 45.0 Å². The fourth-order valence-corrected chi connectivity index (χ4v) is 3.22. The van der Waals surface area contributed by atoms with Gasteiger partial charge in [-0.15, -0.1) is 0 Å². The summed E-state index contributed by atoms with van der Waals surface area (Å²) in [5, 5.41) is 0. The van der Waals surface area contributed by atoms with Crippen LogP contribution in [0.15, 0.2) is 64.2 Å². The Kier molecular flexibility index (Phi) is 3.72. The van der Waals surface area contributed by atoms with Gasteiger partial charge in [0.2, 0.25) is 5.96 Å². The molecule has 4 rings (SSSR count). The molecule has 0 saturated heterocycles. The SMILES string of the molecule is CN(C)C1=NC2=C(c3ccc(N(C)C)cc3)C(=O)c3ccccc3C2=N1. The molecule has 2 aromatic carbocycles. The second kappa shape index (κ2) is 5.95. The number of anilines is 1. The fourth-order valence-electron chi connectivity index (χ4n) is 3.22. The quantitative estimate of drug-likeness (QED) is 0.841. The third kappa shape index (κ3) is 2.44. The zero-order valence-corrected chi connectivity index (χ0v) is 15.3. The monoisotopic (exact) mass is 344 g/mol. The van der Waals surface area contributed by atoms with Crippen LogP contribution in [0.1, 0.15) is 21.5 Å². The zero-order valence-electron chi connectivity index (χ0n) is 15.3. The number of benzene rings is 2. The van der Waals surface area contributed by atoms with Crippen LogP contribution in [-0.2, 0) is 0 Å². The van der Waals surface area contributed by atoms with Crippen molar-refractivity contribution >= 4 is 28.7 Å². The van der Waals surface area contributed by atoms with Crippen molar-refractivity contribution in [3.63, 3.8) is 0 Å². The van der Waals surface area contributed by atoms with Crippen LogP contribution in [0, 0.1) is 0 Å². The van der Waals surface area contributed by atoms with Crippen molar-refractivity contribution < 1.29 is 4.79 Å². The van der Waals surface area contributed by atoms with Crippen LogP contribution in [0.3, 0.4) is 0 Å². The predicted molar refractivity (Wildman–Crippen MR) is 106 cm³/mol. The molecule has 2 aromatic rings. The number of carbonyl (C=O) groups is 1. The average Bonchev–Trinajstić information content (AvgIpc) is 3.08. The summed E-state index contributed by atoms with van der Waals surface area (Å²) < 4.78 is 0. The molecule has 1 aliphatic heterocycles. The number of nitrogens with zero attached hydrogens (tertiary/aromatic N) is 4. The molecule has 5 heteroatoms. The summed E-state index contributed by atoms with van der Waals surface area (Å²) in [5.74, 6) is 0.609. The number of rotatable bonds is 2. The van der Waals surface area contributed by atoms with Crippen molar-refractivity contribution in [1.82, 2.24) is 4.90 Å². The molecular weight excluding hydrogens is 324 g/mol. The van der Waals surface area contributed by atoms with Gasteiger partial charge in [0.05, 0.1) is 5.57 Å². The van der Waals surface area contributed by atoms with Crippen LogP contribution in [0.5, 0.6) is 0 Å². The van der Waals surface area contributed by atoms with Gasteiger partial charge in [0.15, 0.2) is 5.78 Å². The normalized spacial score (nSPS) is 15.3. The molecule has 0 fully saturated rings. The van der Waals surface area contributed by atoms with Crippen molar-refractivity contribution in [3.05, 3.63) is 70.9 Å². The topological polar surface area (TPSA) is 48.3 Å². The highest BCUT2D eigenvalue weighted by Gasteiger charge is 2.34. The average molecular weight is 344 g/mol. The minimum Gasteiger partial charge on any atom is -0.378 e. The van der Waals surface area contributed by atoms with Gasteiger partial charge in [-0.25, -0.2) is 9.98 Å².